The van der Waals surface area contributed by atoms with Crippen LogP contribution in [0.4, 0.5) is 10.1 Å². The fourth-order valence-corrected chi connectivity index (χ4v) is 3.90. The minimum absolute atomic E-state index is 0.191. The summed E-state index contributed by atoms with van der Waals surface area (Å²) in [7, 11) is 0. The summed E-state index contributed by atoms with van der Waals surface area (Å²) in [5, 5.41) is 0. The van der Waals surface area contributed by atoms with Gasteiger partial charge in [-0.05, 0) is 69.1 Å². The molecule has 1 aromatic carbocycles. The zero-order chi connectivity index (χ0) is 18.4. The van der Waals surface area contributed by atoms with Gasteiger partial charge in [0.2, 0.25) is 0 Å². The topological polar surface area (TPSA) is 48.1 Å². The van der Waals surface area contributed by atoms with Gasteiger partial charge in [-0.2, -0.15) is 0 Å². The van der Waals surface area contributed by atoms with Gasteiger partial charge in [0.25, 0.3) is 0 Å². The van der Waals surface area contributed by atoms with Crippen molar-refractivity contribution in [2.75, 3.05) is 57.3 Å². The van der Waals surface area contributed by atoms with Crippen LogP contribution in [0.15, 0.2) is 29.3 Å². The molecule has 2 saturated heterocycles. The molecular formula is C20H32FN5. The minimum atomic E-state index is -0.191. The Labute approximate surface area is 156 Å². The maximum atomic E-state index is 13.1. The van der Waals surface area contributed by atoms with E-state index in [4.69, 9.17) is 5.73 Å². The molecule has 2 aliphatic rings. The Bertz CT molecular complexity index is 572. The highest BCUT2D eigenvalue weighted by Gasteiger charge is 2.20. The van der Waals surface area contributed by atoms with Gasteiger partial charge in [0, 0.05) is 38.4 Å². The summed E-state index contributed by atoms with van der Waals surface area (Å²) in [4.78, 5) is 11.6. The van der Waals surface area contributed by atoms with Gasteiger partial charge >= 0.3 is 0 Å². The molecule has 2 aliphatic heterocycles. The molecule has 3 rings (SSSR count). The van der Waals surface area contributed by atoms with Crippen molar-refractivity contribution in [3.8, 4) is 0 Å². The lowest BCUT2D eigenvalue weighted by Gasteiger charge is -2.36. The van der Waals surface area contributed by atoms with Crippen LogP contribution in [-0.4, -0.2) is 68.1 Å². The largest absolute Gasteiger partial charge is 0.370 e. The van der Waals surface area contributed by atoms with Crippen LogP contribution in [0.25, 0.3) is 0 Å². The van der Waals surface area contributed by atoms with Crippen LogP contribution < -0.4 is 10.6 Å². The normalized spacial score (nSPS) is 20.6. The van der Waals surface area contributed by atoms with Crippen LogP contribution in [0, 0.1) is 11.7 Å². The Morgan fingerprint density at radius 2 is 1.73 bits per heavy atom. The minimum Gasteiger partial charge on any atom is -0.370 e. The number of guanidine groups is 1. The Kier molecular flexibility index (Phi) is 6.72. The van der Waals surface area contributed by atoms with Crippen LogP contribution in [-0.2, 0) is 0 Å². The number of nitrogens with two attached hydrogens (primary N) is 1. The molecule has 6 heteroatoms. The highest BCUT2D eigenvalue weighted by atomic mass is 19.1. The standard InChI is InChI=1S/C20H32FN5/c1-2-24-11-8-17(9-12-24)7-10-23-20(22)26-15-13-25(14-16-26)19-5-3-18(21)4-6-19/h3-6,17H,2,7-16H2,1H3,(H2,22,23). The number of benzene rings is 1. The number of nitrogens with zero attached hydrogens (tertiary/aromatic N) is 4. The van der Waals surface area contributed by atoms with Gasteiger partial charge in [0.15, 0.2) is 5.96 Å². The Balaban J connectivity index is 1.39. The SMILES string of the molecule is CCN1CCC(CCN=C(N)N2CCN(c3ccc(F)cc3)CC2)CC1. The third-order valence-electron chi connectivity index (χ3n) is 5.76. The van der Waals surface area contributed by atoms with Crippen molar-refractivity contribution >= 4 is 11.6 Å². The first-order valence-electron chi connectivity index (χ1n) is 9.93. The number of piperidine rings is 1. The highest BCUT2D eigenvalue weighted by molar-refractivity contribution is 5.78. The molecule has 0 radical (unpaired) electrons. The van der Waals surface area contributed by atoms with Gasteiger partial charge in [-0.1, -0.05) is 6.92 Å². The molecule has 1 aromatic rings. The van der Waals surface area contributed by atoms with Gasteiger partial charge in [0.05, 0.1) is 0 Å². The third kappa shape index (κ3) is 5.10. The van der Waals surface area contributed by atoms with E-state index >= 15 is 0 Å². The number of aliphatic imine (C=N–C) groups is 1. The molecule has 5 nitrogen and oxygen atoms in total. The predicted molar refractivity (Wildman–Crippen MR) is 106 cm³/mol. The average molecular weight is 362 g/mol. The lowest BCUT2D eigenvalue weighted by Crippen LogP contribution is -2.51. The summed E-state index contributed by atoms with van der Waals surface area (Å²) in [6.45, 7) is 10.2. The third-order valence-corrected chi connectivity index (χ3v) is 5.76. The van der Waals surface area contributed by atoms with Gasteiger partial charge in [-0.15, -0.1) is 0 Å². The first-order valence-corrected chi connectivity index (χ1v) is 9.93. The quantitative estimate of drug-likeness (QED) is 0.646. The van der Waals surface area contributed by atoms with Crippen molar-refractivity contribution in [2.24, 2.45) is 16.6 Å². The fourth-order valence-electron chi connectivity index (χ4n) is 3.90. The monoisotopic (exact) mass is 361 g/mol. The smallest absolute Gasteiger partial charge is 0.191 e. The second-order valence-electron chi connectivity index (χ2n) is 7.36. The summed E-state index contributed by atoms with van der Waals surface area (Å²) >= 11 is 0. The summed E-state index contributed by atoms with van der Waals surface area (Å²) in [6.07, 6.45) is 3.73. The summed E-state index contributed by atoms with van der Waals surface area (Å²) in [5.41, 5.74) is 7.28. The van der Waals surface area contributed by atoms with Gasteiger partial charge in [-0.25, -0.2) is 4.39 Å². The van der Waals surface area contributed by atoms with Crippen molar-refractivity contribution < 1.29 is 4.39 Å². The van der Waals surface area contributed by atoms with Crippen LogP contribution in [0.2, 0.25) is 0 Å². The van der Waals surface area contributed by atoms with Crippen molar-refractivity contribution in [1.29, 1.82) is 0 Å². The number of rotatable bonds is 5. The molecule has 0 bridgehead atoms. The van der Waals surface area contributed by atoms with Crippen molar-refractivity contribution in [1.82, 2.24) is 9.80 Å². The predicted octanol–water partition coefficient (Wildman–Crippen LogP) is 2.38. The summed E-state index contributed by atoms with van der Waals surface area (Å²) < 4.78 is 13.1. The first kappa shape index (κ1) is 19.0. The molecule has 2 fully saturated rings. The molecule has 0 amide bonds. The molecule has 0 aromatic heterocycles. The number of hydrogen-bond acceptors (Lipinski definition) is 3. The lowest BCUT2D eigenvalue weighted by molar-refractivity contribution is 0.188. The van der Waals surface area contributed by atoms with E-state index in [2.05, 4.69) is 26.6 Å². The maximum absolute atomic E-state index is 13.1. The summed E-state index contributed by atoms with van der Waals surface area (Å²) in [6, 6.07) is 6.71. The first-order chi connectivity index (χ1) is 12.7. The molecule has 0 spiro atoms. The second-order valence-corrected chi connectivity index (χ2v) is 7.36. The number of anilines is 1. The van der Waals surface area contributed by atoms with E-state index in [0.29, 0.717) is 5.96 Å². The second kappa shape index (κ2) is 9.21. The molecule has 144 valence electrons. The van der Waals surface area contributed by atoms with Crippen molar-refractivity contribution in [2.45, 2.75) is 26.2 Å². The van der Waals surface area contributed by atoms with Crippen molar-refractivity contribution in [3.63, 3.8) is 0 Å². The molecule has 0 aliphatic carbocycles. The number of halogens is 1. The zero-order valence-corrected chi connectivity index (χ0v) is 15.9. The molecule has 0 unspecified atom stereocenters. The Hall–Kier alpha value is -1.82. The molecule has 26 heavy (non-hydrogen) atoms. The van der Waals surface area contributed by atoms with E-state index < -0.39 is 0 Å². The van der Waals surface area contributed by atoms with Gasteiger partial charge < -0.3 is 20.4 Å². The van der Waals surface area contributed by atoms with Gasteiger partial charge in [-0.3, -0.25) is 4.99 Å². The van der Waals surface area contributed by atoms with E-state index in [1.165, 1.54) is 44.6 Å². The average Bonchev–Trinajstić information content (AvgIpc) is 2.69. The Morgan fingerprint density at radius 1 is 1.08 bits per heavy atom. The molecule has 0 saturated carbocycles. The molecule has 2 heterocycles. The van der Waals surface area contributed by atoms with Crippen LogP contribution >= 0.6 is 0 Å². The molecular weight excluding hydrogens is 329 g/mol. The van der Waals surface area contributed by atoms with Gasteiger partial charge in [0.1, 0.15) is 5.82 Å². The highest BCUT2D eigenvalue weighted by Crippen LogP contribution is 2.20. The number of likely N-dealkylation sites (tertiary alicyclic amines) is 1. The van der Waals surface area contributed by atoms with E-state index in [9.17, 15) is 4.39 Å². The molecule has 0 atom stereocenters. The Morgan fingerprint density at radius 3 is 2.35 bits per heavy atom. The fraction of sp³-hybridized carbons (Fsp3) is 0.650. The molecule has 2 N–H and O–H groups in total. The number of piperazine rings is 1. The van der Waals surface area contributed by atoms with Crippen LogP contribution in [0.3, 0.4) is 0 Å². The zero-order valence-electron chi connectivity index (χ0n) is 15.9. The maximum Gasteiger partial charge on any atom is 0.191 e. The lowest BCUT2D eigenvalue weighted by atomic mass is 9.94. The van der Waals surface area contributed by atoms with E-state index in [1.807, 2.05) is 12.1 Å². The van der Waals surface area contributed by atoms with E-state index in [-0.39, 0.29) is 5.82 Å². The summed E-state index contributed by atoms with van der Waals surface area (Å²) in [5.74, 6) is 1.28. The van der Waals surface area contributed by atoms with E-state index in [1.54, 1.807) is 0 Å². The van der Waals surface area contributed by atoms with Crippen molar-refractivity contribution in [3.05, 3.63) is 30.1 Å². The number of hydrogen-bond donors (Lipinski definition) is 1. The van der Waals surface area contributed by atoms with Crippen LogP contribution in [0.1, 0.15) is 26.2 Å². The van der Waals surface area contributed by atoms with E-state index in [0.717, 1.165) is 50.7 Å². The van der Waals surface area contributed by atoms with Crippen LogP contribution in [0.5, 0.6) is 0 Å².